The van der Waals surface area contributed by atoms with Crippen molar-refractivity contribution in [2.24, 2.45) is 11.7 Å². The van der Waals surface area contributed by atoms with Crippen LogP contribution < -0.4 is 5.73 Å². The van der Waals surface area contributed by atoms with Crippen molar-refractivity contribution in [1.82, 2.24) is 4.90 Å². The Bertz CT molecular complexity index is 173. The van der Waals surface area contributed by atoms with Crippen LogP contribution in [0.15, 0.2) is 0 Å². The largest absolute Gasteiger partial charge is 0.384 e. The summed E-state index contributed by atoms with van der Waals surface area (Å²) in [7, 11) is 1.70. The number of amides is 1. The van der Waals surface area contributed by atoms with Crippen molar-refractivity contribution in [2.45, 2.75) is 12.8 Å². The molecule has 0 aliphatic carbocycles. The molecule has 4 heteroatoms. The first kappa shape index (κ1) is 10.5. The highest BCUT2D eigenvalue weighted by Crippen LogP contribution is 2.17. The quantitative estimate of drug-likeness (QED) is 0.663. The van der Waals surface area contributed by atoms with Gasteiger partial charge in [-0.1, -0.05) is 0 Å². The van der Waals surface area contributed by atoms with E-state index in [-0.39, 0.29) is 5.91 Å². The van der Waals surface area contributed by atoms with Gasteiger partial charge in [0.05, 0.1) is 6.61 Å². The summed E-state index contributed by atoms with van der Waals surface area (Å²) in [6.07, 6.45) is 1.60. The molecule has 1 heterocycles. The maximum atomic E-state index is 11.4. The van der Waals surface area contributed by atoms with Crippen LogP contribution in [0.1, 0.15) is 12.8 Å². The summed E-state index contributed by atoms with van der Waals surface area (Å²) in [5.74, 6) is 0.729. The molecule has 1 aliphatic heterocycles. The second kappa shape index (κ2) is 5.19. The van der Waals surface area contributed by atoms with E-state index in [1.54, 1.807) is 7.11 Å². The van der Waals surface area contributed by atoms with E-state index in [9.17, 15) is 4.79 Å². The number of methoxy groups -OCH3 is 1. The molecule has 1 saturated heterocycles. The second-order valence-electron chi connectivity index (χ2n) is 3.49. The van der Waals surface area contributed by atoms with Crippen molar-refractivity contribution < 1.29 is 9.53 Å². The van der Waals surface area contributed by atoms with Gasteiger partial charge >= 0.3 is 0 Å². The fraction of sp³-hybridized carbons (Fsp3) is 0.889. The highest BCUT2D eigenvalue weighted by Gasteiger charge is 2.24. The van der Waals surface area contributed by atoms with Gasteiger partial charge in [0.15, 0.2) is 0 Å². The minimum Gasteiger partial charge on any atom is -0.384 e. The van der Waals surface area contributed by atoms with Gasteiger partial charge < -0.3 is 15.4 Å². The van der Waals surface area contributed by atoms with E-state index in [0.29, 0.717) is 25.4 Å². The molecule has 4 nitrogen and oxygen atoms in total. The Morgan fingerprint density at radius 1 is 1.69 bits per heavy atom. The van der Waals surface area contributed by atoms with Gasteiger partial charge in [-0.25, -0.2) is 0 Å². The van der Waals surface area contributed by atoms with E-state index in [4.69, 9.17) is 10.5 Å². The Kier molecular flexibility index (Phi) is 4.18. The van der Waals surface area contributed by atoms with E-state index in [0.717, 1.165) is 19.6 Å². The van der Waals surface area contributed by atoms with Crippen LogP contribution in [-0.2, 0) is 9.53 Å². The molecule has 0 aromatic carbocycles. The zero-order valence-electron chi connectivity index (χ0n) is 8.16. The van der Waals surface area contributed by atoms with Crippen molar-refractivity contribution in [3.8, 4) is 0 Å². The normalized spacial score (nSPS) is 23.7. The summed E-state index contributed by atoms with van der Waals surface area (Å²) in [5, 5.41) is 0. The molecule has 13 heavy (non-hydrogen) atoms. The summed E-state index contributed by atoms with van der Waals surface area (Å²) >= 11 is 0. The molecule has 1 amide bonds. The minimum absolute atomic E-state index is 0.234. The zero-order valence-corrected chi connectivity index (χ0v) is 8.16. The predicted octanol–water partition coefficient (Wildman–Crippen LogP) is -0.170. The van der Waals surface area contributed by atoms with Crippen molar-refractivity contribution >= 4 is 5.91 Å². The number of nitrogens with two attached hydrogens (primary N) is 1. The average molecular weight is 186 g/mol. The van der Waals surface area contributed by atoms with Gasteiger partial charge in [0.25, 0.3) is 0 Å². The number of hydrogen-bond donors (Lipinski definition) is 1. The van der Waals surface area contributed by atoms with Gasteiger partial charge in [-0.2, -0.15) is 0 Å². The molecular weight excluding hydrogens is 168 g/mol. The van der Waals surface area contributed by atoms with Gasteiger partial charge in [0.2, 0.25) is 5.91 Å². The second-order valence-corrected chi connectivity index (χ2v) is 3.49. The van der Waals surface area contributed by atoms with Crippen LogP contribution in [0.5, 0.6) is 0 Å². The summed E-state index contributed by atoms with van der Waals surface area (Å²) < 4.78 is 5.07. The molecule has 0 spiro atoms. The van der Waals surface area contributed by atoms with Gasteiger partial charge in [-0.3, -0.25) is 4.79 Å². The Morgan fingerprint density at radius 3 is 3.08 bits per heavy atom. The number of carbonyl (C=O) groups is 1. The molecule has 0 saturated carbocycles. The van der Waals surface area contributed by atoms with Crippen LogP contribution in [-0.4, -0.2) is 44.2 Å². The topological polar surface area (TPSA) is 55.6 Å². The molecule has 1 unspecified atom stereocenters. The lowest BCUT2D eigenvalue weighted by Crippen LogP contribution is -2.43. The molecule has 1 atom stereocenters. The van der Waals surface area contributed by atoms with Crippen molar-refractivity contribution in [3.05, 3.63) is 0 Å². The van der Waals surface area contributed by atoms with E-state index < -0.39 is 0 Å². The predicted molar refractivity (Wildman–Crippen MR) is 50.2 cm³/mol. The average Bonchev–Trinajstić information content (AvgIpc) is 2.12. The third-order valence-corrected chi connectivity index (χ3v) is 2.40. The maximum Gasteiger partial charge on any atom is 0.222 e. The zero-order chi connectivity index (χ0) is 9.68. The Balaban J connectivity index is 2.38. The smallest absolute Gasteiger partial charge is 0.222 e. The first-order valence-corrected chi connectivity index (χ1v) is 4.74. The highest BCUT2D eigenvalue weighted by molar-refractivity contribution is 5.76. The van der Waals surface area contributed by atoms with Crippen LogP contribution in [0.2, 0.25) is 0 Å². The Hall–Kier alpha value is -0.610. The number of carbonyl (C=O) groups excluding carboxylic acids is 1. The summed E-state index contributed by atoms with van der Waals surface area (Å²) in [4.78, 5) is 13.2. The number of nitrogens with zero attached hydrogens (tertiary/aromatic N) is 1. The van der Waals surface area contributed by atoms with E-state index in [1.165, 1.54) is 0 Å². The van der Waals surface area contributed by atoms with Crippen LogP contribution in [0.3, 0.4) is 0 Å². The third-order valence-electron chi connectivity index (χ3n) is 2.40. The van der Waals surface area contributed by atoms with E-state index in [2.05, 4.69) is 0 Å². The first-order valence-electron chi connectivity index (χ1n) is 4.74. The van der Waals surface area contributed by atoms with Crippen molar-refractivity contribution in [2.75, 3.05) is 33.4 Å². The maximum absolute atomic E-state index is 11.4. The fourth-order valence-electron chi connectivity index (χ4n) is 1.73. The lowest BCUT2D eigenvalue weighted by Gasteiger charge is -2.31. The number of likely N-dealkylation sites (tertiary alicyclic amines) is 1. The molecule has 1 fully saturated rings. The number of rotatable bonds is 4. The molecule has 76 valence electrons. The van der Waals surface area contributed by atoms with Crippen LogP contribution in [0.4, 0.5) is 0 Å². The van der Waals surface area contributed by atoms with Gasteiger partial charge in [0.1, 0.15) is 0 Å². The van der Waals surface area contributed by atoms with Crippen LogP contribution >= 0.6 is 0 Å². The van der Waals surface area contributed by atoms with Crippen LogP contribution in [0, 0.1) is 5.92 Å². The van der Waals surface area contributed by atoms with Gasteiger partial charge in [-0.15, -0.1) is 0 Å². The third kappa shape index (κ3) is 2.97. The molecular formula is C9H18N2O2. The first-order chi connectivity index (χ1) is 6.27. The van der Waals surface area contributed by atoms with Gasteiger partial charge in [-0.05, 0) is 6.42 Å². The molecule has 1 rings (SSSR count). The number of ether oxygens (including phenoxy) is 1. The SMILES string of the molecule is COCC1CCC(=O)N(CCN)C1. The molecule has 0 aromatic heterocycles. The summed E-state index contributed by atoms with van der Waals surface area (Å²) in [6, 6.07) is 0. The molecule has 2 N–H and O–H groups in total. The highest BCUT2D eigenvalue weighted by atomic mass is 16.5. The lowest BCUT2D eigenvalue weighted by molar-refractivity contribution is -0.135. The minimum atomic E-state index is 0.234. The molecule has 0 aromatic rings. The van der Waals surface area contributed by atoms with Crippen molar-refractivity contribution in [1.29, 1.82) is 0 Å². The van der Waals surface area contributed by atoms with Crippen LogP contribution in [0.25, 0.3) is 0 Å². The standard InChI is InChI=1S/C9H18N2O2/c1-13-7-8-2-3-9(12)11(6-8)5-4-10/h8H,2-7,10H2,1H3. The number of hydrogen-bond acceptors (Lipinski definition) is 3. The Morgan fingerprint density at radius 2 is 2.46 bits per heavy atom. The van der Waals surface area contributed by atoms with Gasteiger partial charge in [0, 0.05) is 39.1 Å². The molecule has 1 aliphatic rings. The Labute approximate surface area is 79.0 Å². The van der Waals surface area contributed by atoms with Crippen molar-refractivity contribution in [3.63, 3.8) is 0 Å². The molecule has 0 bridgehead atoms. The summed E-state index contributed by atoms with van der Waals surface area (Å²) in [5.41, 5.74) is 5.42. The number of piperidine rings is 1. The summed E-state index contributed by atoms with van der Waals surface area (Å²) in [6.45, 7) is 2.78. The fourth-order valence-corrected chi connectivity index (χ4v) is 1.73. The molecule has 0 radical (unpaired) electrons. The monoisotopic (exact) mass is 186 g/mol. The van der Waals surface area contributed by atoms with E-state index in [1.807, 2.05) is 4.90 Å². The van der Waals surface area contributed by atoms with E-state index >= 15 is 0 Å². The lowest BCUT2D eigenvalue weighted by atomic mass is 9.98.